The van der Waals surface area contributed by atoms with Crippen LogP contribution in [0.4, 0.5) is 4.39 Å². The quantitative estimate of drug-likeness (QED) is 0.707. The van der Waals surface area contributed by atoms with E-state index < -0.39 is 21.7 Å². The summed E-state index contributed by atoms with van der Waals surface area (Å²) < 4.78 is 43.6. The van der Waals surface area contributed by atoms with Gasteiger partial charge in [-0.2, -0.15) is 0 Å². The van der Waals surface area contributed by atoms with Gasteiger partial charge in [0, 0.05) is 22.2 Å². The van der Waals surface area contributed by atoms with Gasteiger partial charge in [0.25, 0.3) is 5.91 Å². The number of rotatable bonds is 6. The van der Waals surface area contributed by atoms with Gasteiger partial charge < -0.3 is 9.64 Å². The minimum atomic E-state index is -3.22. The molecule has 3 rings (SSSR count). The van der Waals surface area contributed by atoms with Crippen molar-refractivity contribution in [3.63, 3.8) is 0 Å². The lowest BCUT2D eigenvalue weighted by atomic mass is 10.1. The molecular formula is C20H21ClFNO4S. The summed E-state index contributed by atoms with van der Waals surface area (Å²) >= 11 is 6.13. The molecule has 1 heterocycles. The van der Waals surface area contributed by atoms with E-state index in [0.717, 1.165) is 0 Å². The highest BCUT2D eigenvalue weighted by atomic mass is 35.5. The third-order valence-electron chi connectivity index (χ3n) is 4.71. The van der Waals surface area contributed by atoms with E-state index in [-0.39, 0.29) is 34.5 Å². The Labute approximate surface area is 169 Å². The molecule has 0 bridgehead atoms. The second-order valence-corrected chi connectivity index (χ2v) is 9.28. The first-order chi connectivity index (χ1) is 13.3. The molecule has 0 aliphatic carbocycles. The van der Waals surface area contributed by atoms with Crippen molar-refractivity contribution in [2.24, 2.45) is 0 Å². The van der Waals surface area contributed by atoms with Crippen LogP contribution in [0.15, 0.2) is 42.5 Å². The van der Waals surface area contributed by atoms with Gasteiger partial charge in [-0.3, -0.25) is 4.79 Å². The third-order valence-corrected chi connectivity index (χ3v) is 6.82. The van der Waals surface area contributed by atoms with Crippen LogP contribution in [0, 0.1) is 5.82 Å². The number of carbonyl (C=O) groups is 1. The van der Waals surface area contributed by atoms with Crippen molar-refractivity contribution in [3.8, 4) is 5.75 Å². The van der Waals surface area contributed by atoms with E-state index in [1.165, 1.54) is 17.0 Å². The van der Waals surface area contributed by atoms with Crippen LogP contribution < -0.4 is 4.74 Å². The summed E-state index contributed by atoms with van der Waals surface area (Å²) in [6.07, 6.45) is 0.317. The highest BCUT2D eigenvalue weighted by molar-refractivity contribution is 7.91. The maximum Gasteiger partial charge on any atom is 0.254 e. The first-order valence-electron chi connectivity index (χ1n) is 8.98. The van der Waals surface area contributed by atoms with Crippen LogP contribution in [0.5, 0.6) is 5.75 Å². The molecule has 0 aromatic heterocycles. The topological polar surface area (TPSA) is 63.7 Å². The summed E-state index contributed by atoms with van der Waals surface area (Å²) in [4.78, 5) is 14.6. The molecule has 28 heavy (non-hydrogen) atoms. The van der Waals surface area contributed by atoms with Gasteiger partial charge in [-0.25, -0.2) is 12.8 Å². The highest BCUT2D eigenvalue weighted by Crippen LogP contribution is 2.27. The number of sulfone groups is 1. The van der Waals surface area contributed by atoms with Gasteiger partial charge >= 0.3 is 0 Å². The average molecular weight is 426 g/mol. The van der Waals surface area contributed by atoms with Crippen molar-refractivity contribution in [3.05, 3.63) is 64.4 Å². The number of carbonyl (C=O) groups excluding carboxylic acids is 1. The molecule has 5 nitrogen and oxygen atoms in total. The van der Waals surface area contributed by atoms with E-state index in [2.05, 4.69) is 0 Å². The van der Waals surface area contributed by atoms with Crippen molar-refractivity contribution in [2.75, 3.05) is 18.1 Å². The van der Waals surface area contributed by atoms with Crippen molar-refractivity contribution < 1.29 is 22.3 Å². The molecule has 1 atom stereocenters. The standard InChI is InChI=1S/C20H21ClFNO4S/c1-2-27-16-8-6-14(7-9-16)20(24)23(15-10-11-28(25,26)13-15)12-17-18(21)4-3-5-19(17)22/h3-9,15H,2,10-13H2,1H3. The lowest BCUT2D eigenvalue weighted by molar-refractivity contribution is 0.0679. The van der Waals surface area contributed by atoms with Crippen LogP contribution in [-0.2, 0) is 16.4 Å². The average Bonchev–Trinajstić information content (AvgIpc) is 3.01. The molecule has 1 saturated heterocycles. The van der Waals surface area contributed by atoms with Gasteiger partial charge in [-0.05, 0) is 49.7 Å². The molecule has 0 saturated carbocycles. The van der Waals surface area contributed by atoms with Gasteiger partial charge in [0.15, 0.2) is 9.84 Å². The molecular weight excluding hydrogens is 405 g/mol. The van der Waals surface area contributed by atoms with Gasteiger partial charge in [0.2, 0.25) is 0 Å². The Morgan fingerprint density at radius 3 is 2.54 bits per heavy atom. The van der Waals surface area contributed by atoms with Crippen LogP contribution in [-0.4, -0.2) is 43.4 Å². The molecule has 0 spiro atoms. The fraction of sp³-hybridized carbons (Fsp3) is 0.350. The summed E-state index contributed by atoms with van der Waals surface area (Å²) in [6.45, 7) is 2.27. The van der Waals surface area contributed by atoms with Crippen molar-refractivity contribution in [1.29, 1.82) is 0 Å². The van der Waals surface area contributed by atoms with Crippen LogP contribution in [0.2, 0.25) is 5.02 Å². The smallest absolute Gasteiger partial charge is 0.254 e. The lowest BCUT2D eigenvalue weighted by Gasteiger charge is -2.29. The fourth-order valence-corrected chi connectivity index (χ4v) is 5.22. The van der Waals surface area contributed by atoms with Gasteiger partial charge in [-0.15, -0.1) is 0 Å². The predicted molar refractivity (Wildman–Crippen MR) is 106 cm³/mol. The van der Waals surface area contributed by atoms with Crippen LogP contribution in [0.3, 0.4) is 0 Å². The zero-order chi connectivity index (χ0) is 20.3. The van der Waals surface area contributed by atoms with Crippen molar-refractivity contribution >= 4 is 27.3 Å². The second-order valence-electron chi connectivity index (χ2n) is 6.65. The number of amides is 1. The van der Waals surface area contributed by atoms with E-state index >= 15 is 0 Å². The normalized spacial score (nSPS) is 18.0. The minimum absolute atomic E-state index is 0.00965. The van der Waals surface area contributed by atoms with Gasteiger partial charge in [0.1, 0.15) is 11.6 Å². The molecule has 1 amide bonds. The number of benzene rings is 2. The van der Waals surface area contributed by atoms with Crippen molar-refractivity contribution in [2.45, 2.75) is 25.9 Å². The van der Waals surface area contributed by atoms with Crippen LogP contribution >= 0.6 is 11.6 Å². The first kappa shape index (κ1) is 20.6. The minimum Gasteiger partial charge on any atom is -0.494 e. The molecule has 8 heteroatoms. The number of hydrogen-bond acceptors (Lipinski definition) is 4. The third kappa shape index (κ3) is 4.64. The Balaban J connectivity index is 1.92. The molecule has 1 unspecified atom stereocenters. The number of ether oxygens (including phenoxy) is 1. The summed E-state index contributed by atoms with van der Waals surface area (Å²) in [5, 5.41) is 0.199. The largest absolute Gasteiger partial charge is 0.494 e. The molecule has 1 aliphatic rings. The maximum absolute atomic E-state index is 14.3. The summed E-state index contributed by atoms with van der Waals surface area (Å²) in [6, 6.07) is 10.4. The zero-order valence-electron chi connectivity index (χ0n) is 15.4. The Kier molecular flexibility index (Phi) is 6.25. The summed E-state index contributed by atoms with van der Waals surface area (Å²) in [7, 11) is -3.22. The second kappa shape index (κ2) is 8.49. The van der Waals surface area contributed by atoms with Crippen LogP contribution in [0.25, 0.3) is 0 Å². The molecule has 2 aromatic rings. The number of hydrogen-bond donors (Lipinski definition) is 0. The van der Waals surface area contributed by atoms with Crippen molar-refractivity contribution in [1.82, 2.24) is 4.90 Å². The van der Waals surface area contributed by atoms with E-state index in [0.29, 0.717) is 24.3 Å². The lowest BCUT2D eigenvalue weighted by Crippen LogP contribution is -2.41. The maximum atomic E-state index is 14.3. The first-order valence-corrected chi connectivity index (χ1v) is 11.2. The Morgan fingerprint density at radius 2 is 1.96 bits per heavy atom. The van der Waals surface area contributed by atoms with Gasteiger partial charge in [-0.1, -0.05) is 17.7 Å². The monoisotopic (exact) mass is 425 g/mol. The summed E-state index contributed by atoms with van der Waals surface area (Å²) in [5.41, 5.74) is 0.549. The van der Waals surface area contributed by atoms with Gasteiger partial charge in [0.05, 0.1) is 24.7 Å². The molecule has 1 aliphatic heterocycles. The molecule has 0 radical (unpaired) electrons. The summed E-state index contributed by atoms with van der Waals surface area (Å²) in [5.74, 6) is -0.397. The van der Waals surface area contributed by atoms with Crippen LogP contribution in [0.1, 0.15) is 29.3 Å². The Morgan fingerprint density at radius 1 is 1.25 bits per heavy atom. The molecule has 0 N–H and O–H groups in total. The molecule has 2 aromatic carbocycles. The molecule has 1 fully saturated rings. The zero-order valence-corrected chi connectivity index (χ0v) is 17.0. The molecule has 150 valence electrons. The van der Waals surface area contributed by atoms with E-state index in [4.69, 9.17) is 16.3 Å². The Hall–Kier alpha value is -2.12. The SMILES string of the molecule is CCOc1ccc(C(=O)N(Cc2c(F)cccc2Cl)C2CCS(=O)(=O)C2)cc1. The van der Waals surface area contributed by atoms with E-state index in [1.54, 1.807) is 30.3 Å². The predicted octanol–water partition coefficient (Wildman–Crippen LogP) is 3.71. The van der Waals surface area contributed by atoms with E-state index in [9.17, 15) is 17.6 Å². The Bertz CT molecular complexity index is 942. The number of halogens is 2. The number of nitrogens with zero attached hydrogens (tertiary/aromatic N) is 1. The fourth-order valence-electron chi connectivity index (χ4n) is 3.27. The van der Waals surface area contributed by atoms with E-state index in [1.807, 2.05) is 6.92 Å². The highest BCUT2D eigenvalue weighted by Gasteiger charge is 2.35.